The minimum atomic E-state index is -0.253. The molecule has 0 aliphatic rings. The van der Waals surface area contributed by atoms with Gasteiger partial charge in [-0.1, -0.05) is 81.7 Å². The Hall–Kier alpha value is -0.860. The zero-order valence-corrected chi connectivity index (χ0v) is 13.9. The van der Waals surface area contributed by atoms with E-state index in [0.717, 1.165) is 12.8 Å². The molecule has 1 rings (SSSR count). The molecule has 0 radical (unpaired) electrons. The smallest absolute Gasteiger partial charge is 0.0540 e. The monoisotopic (exact) mass is 291 g/mol. The lowest BCUT2D eigenvalue weighted by molar-refractivity contribution is 0.184. The normalized spacial score (nSPS) is 14.1. The lowest BCUT2D eigenvalue weighted by Gasteiger charge is -2.31. The van der Waals surface area contributed by atoms with Crippen molar-refractivity contribution in [2.45, 2.75) is 70.6 Å². The van der Waals surface area contributed by atoms with E-state index in [0.29, 0.717) is 6.54 Å². The second-order valence-corrected chi connectivity index (χ2v) is 6.38. The Morgan fingerprint density at radius 1 is 0.952 bits per heavy atom. The Bertz CT molecular complexity index is 368. The summed E-state index contributed by atoms with van der Waals surface area (Å²) in [5, 5.41) is 9.89. The highest BCUT2D eigenvalue weighted by Gasteiger charge is 2.29. The van der Waals surface area contributed by atoms with Crippen LogP contribution in [0, 0.1) is 6.92 Å². The van der Waals surface area contributed by atoms with Crippen molar-refractivity contribution >= 4 is 0 Å². The number of aliphatic hydroxyl groups is 1. The van der Waals surface area contributed by atoms with Crippen LogP contribution in [0.5, 0.6) is 0 Å². The summed E-state index contributed by atoms with van der Waals surface area (Å²) < 4.78 is 0. The van der Waals surface area contributed by atoms with Crippen LogP contribution in [0.1, 0.15) is 69.4 Å². The van der Waals surface area contributed by atoms with Gasteiger partial charge in [0, 0.05) is 12.0 Å². The fourth-order valence-corrected chi connectivity index (χ4v) is 2.93. The topological polar surface area (TPSA) is 46.2 Å². The van der Waals surface area contributed by atoms with Crippen molar-refractivity contribution in [2.75, 3.05) is 13.2 Å². The third-order valence-corrected chi connectivity index (χ3v) is 4.62. The molecule has 2 heteroatoms. The molecule has 3 N–H and O–H groups in total. The first-order chi connectivity index (χ1) is 10.2. The summed E-state index contributed by atoms with van der Waals surface area (Å²) in [6.45, 7) is 4.99. The van der Waals surface area contributed by atoms with Crippen LogP contribution in [0.25, 0.3) is 0 Å². The van der Waals surface area contributed by atoms with Crippen LogP contribution < -0.4 is 5.73 Å². The van der Waals surface area contributed by atoms with Crippen LogP contribution in [0.3, 0.4) is 0 Å². The summed E-state index contributed by atoms with van der Waals surface area (Å²) >= 11 is 0. The van der Waals surface area contributed by atoms with Crippen molar-refractivity contribution in [3.63, 3.8) is 0 Å². The molecule has 0 aromatic heterocycles. The Morgan fingerprint density at radius 2 is 1.52 bits per heavy atom. The van der Waals surface area contributed by atoms with Crippen LogP contribution in [-0.2, 0) is 5.41 Å². The number of aliphatic hydroxyl groups excluding tert-OH is 1. The predicted octanol–water partition coefficient (Wildman–Crippen LogP) is 4.32. The average Bonchev–Trinajstić information content (AvgIpc) is 2.52. The maximum absolute atomic E-state index is 9.89. The molecule has 0 saturated carbocycles. The maximum atomic E-state index is 9.89. The number of aryl methyl sites for hydroxylation is 1. The highest BCUT2D eigenvalue weighted by Crippen LogP contribution is 2.29. The molecule has 0 bridgehead atoms. The van der Waals surface area contributed by atoms with Gasteiger partial charge in [0.25, 0.3) is 0 Å². The molecule has 1 unspecified atom stereocenters. The summed E-state index contributed by atoms with van der Waals surface area (Å²) in [5.74, 6) is 0. The first kappa shape index (κ1) is 18.2. The van der Waals surface area contributed by atoms with E-state index in [-0.39, 0.29) is 12.0 Å². The van der Waals surface area contributed by atoms with Crippen molar-refractivity contribution in [2.24, 2.45) is 5.73 Å². The summed E-state index contributed by atoms with van der Waals surface area (Å²) in [4.78, 5) is 0. The highest BCUT2D eigenvalue weighted by molar-refractivity contribution is 5.29. The zero-order valence-electron chi connectivity index (χ0n) is 13.9. The van der Waals surface area contributed by atoms with Gasteiger partial charge in [-0.3, -0.25) is 0 Å². The maximum Gasteiger partial charge on any atom is 0.0540 e. The Kier molecular flexibility index (Phi) is 8.63. The van der Waals surface area contributed by atoms with Crippen LogP contribution in [0.15, 0.2) is 24.3 Å². The van der Waals surface area contributed by atoms with E-state index in [1.165, 1.54) is 49.7 Å². The molecule has 1 aromatic carbocycles. The summed E-state index contributed by atoms with van der Waals surface area (Å²) in [6, 6.07) is 8.47. The van der Waals surface area contributed by atoms with Gasteiger partial charge >= 0.3 is 0 Å². The quantitative estimate of drug-likeness (QED) is 0.596. The molecule has 2 nitrogen and oxygen atoms in total. The molecule has 0 saturated heterocycles. The first-order valence-electron chi connectivity index (χ1n) is 8.56. The minimum Gasteiger partial charge on any atom is -0.395 e. The van der Waals surface area contributed by atoms with Gasteiger partial charge in [-0.2, -0.15) is 0 Å². The van der Waals surface area contributed by atoms with Crippen molar-refractivity contribution < 1.29 is 5.11 Å². The van der Waals surface area contributed by atoms with Gasteiger partial charge in [0.2, 0.25) is 0 Å². The zero-order chi connectivity index (χ0) is 15.6. The summed E-state index contributed by atoms with van der Waals surface area (Å²) in [6.07, 6.45) is 10.0. The Balaban J connectivity index is 2.47. The van der Waals surface area contributed by atoms with Crippen molar-refractivity contribution in [3.05, 3.63) is 35.4 Å². The fourth-order valence-electron chi connectivity index (χ4n) is 2.93. The first-order valence-corrected chi connectivity index (χ1v) is 8.56. The number of unbranched alkanes of at least 4 members (excludes halogenated alkanes) is 6. The van der Waals surface area contributed by atoms with E-state index in [9.17, 15) is 5.11 Å². The van der Waals surface area contributed by atoms with Crippen LogP contribution in [0.4, 0.5) is 0 Å². The molecular formula is C19H33NO. The predicted molar refractivity (Wildman–Crippen MR) is 91.6 cm³/mol. The number of rotatable bonds is 11. The van der Waals surface area contributed by atoms with Gasteiger partial charge in [-0.25, -0.2) is 0 Å². The summed E-state index contributed by atoms with van der Waals surface area (Å²) in [7, 11) is 0. The summed E-state index contributed by atoms with van der Waals surface area (Å²) in [5.41, 5.74) is 8.19. The van der Waals surface area contributed by atoms with E-state index < -0.39 is 0 Å². The molecule has 0 spiro atoms. The van der Waals surface area contributed by atoms with E-state index in [1.54, 1.807) is 0 Å². The van der Waals surface area contributed by atoms with Gasteiger partial charge in [-0.15, -0.1) is 0 Å². The van der Waals surface area contributed by atoms with Gasteiger partial charge in [-0.05, 0) is 18.9 Å². The Labute approximate surface area is 130 Å². The molecule has 0 aliphatic carbocycles. The molecular weight excluding hydrogens is 258 g/mol. The second kappa shape index (κ2) is 9.97. The fraction of sp³-hybridized carbons (Fsp3) is 0.684. The number of benzene rings is 1. The number of hydrogen-bond donors (Lipinski definition) is 2. The molecule has 0 aliphatic heterocycles. The third-order valence-electron chi connectivity index (χ3n) is 4.62. The van der Waals surface area contributed by atoms with Crippen molar-refractivity contribution in [3.8, 4) is 0 Å². The number of nitrogens with two attached hydrogens (primary N) is 1. The van der Waals surface area contributed by atoms with Crippen LogP contribution in [0.2, 0.25) is 0 Å². The second-order valence-electron chi connectivity index (χ2n) is 6.38. The average molecular weight is 291 g/mol. The highest BCUT2D eigenvalue weighted by atomic mass is 16.3. The van der Waals surface area contributed by atoms with E-state index in [2.05, 4.69) is 38.1 Å². The minimum absolute atomic E-state index is 0.141. The molecule has 1 aromatic rings. The van der Waals surface area contributed by atoms with E-state index >= 15 is 0 Å². The molecule has 0 fully saturated rings. The van der Waals surface area contributed by atoms with Crippen molar-refractivity contribution in [1.82, 2.24) is 0 Å². The van der Waals surface area contributed by atoms with E-state index in [4.69, 9.17) is 5.73 Å². The molecule has 21 heavy (non-hydrogen) atoms. The standard InChI is InChI=1S/C19H33NO/c1-3-4-5-6-7-8-9-14-19(15-20,16-21)18-12-10-17(2)11-13-18/h10-13,21H,3-9,14-16,20H2,1-2H3. The third kappa shape index (κ3) is 5.80. The SMILES string of the molecule is CCCCCCCCCC(CN)(CO)c1ccc(C)cc1. The van der Waals surface area contributed by atoms with Crippen LogP contribution in [-0.4, -0.2) is 18.3 Å². The molecule has 1 atom stereocenters. The van der Waals surface area contributed by atoms with Gasteiger partial charge in [0.15, 0.2) is 0 Å². The largest absolute Gasteiger partial charge is 0.395 e. The van der Waals surface area contributed by atoms with Gasteiger partial charge in [0.05, 0.1) is 6.61 Å². The van der Waals surface area contributed by atoms with Crippen molar-refractivity contribution in [1.29, 1.82) is 0 Å². The van der Waals surface area contributed by atoms with Gasteiger partial charge in [0.1, 0.15) is 0 Å². The van der Waals surface area contributed by atoms with Gasteiger partial charge < -0.3 is 10.8 Å². The Morgan fingerprint density at radius 3 is 2.05 bits per heavy atom. The molecule has 0 heterocycles. The lowest BCUT2D eigenvalue weighted by Crippen LogP contribution is -2.38. The number of hydrogen-bond acceptors (Lipinski definition) is 2. The van der Waals surface area contributed by atoms with Crippen LogP contribution >= 0.6 is 0 Å². The molecule has 0 amide bonds. The van der Waals surface area contributed by atoms with E-state index in [1.807, 2.05) is 0 Å². The lowest BCUT2D eigenvalue weighted by atomic mass is 9.76. The molecule has 120 valence electrons.